The number of carbonyl (C=O) groups is 2. The van der Waals surface area contributed by atoms with Gasteiger partial charge in [-0.3, -0.25) is 9.59 Å². The quantitative estimate of drug-likeness (QED) is 0.696. The number of morpholine rings is 1. The molecule has 0 saturated carbocycles. The second-order valence-electron chi connectivity index (χ2n) is 6.93. The summed E-state index contributed by atoms with van der Waals surface area (Å²) < 4.78 is 11.2. The Hall–Kier alpha value is -2.86. The predicted octanol–water partition coefficient (Wildman–Crippen LogP) is 3.20. The first-order chi connectivity index (χ1) is 14.2. The summed E-state index contributed by atoms with van der Waals surface area (Å²) in [4.78, 5) is 26.6. The van der Waals surface area contributed by atoms with E-state index in [1.165, 1.54) is 0 Å². The number of nitrogens with one attached hydrogen (secondary N) is 1. The first kappa shape index (κ1) is 20.9. The van der Waals surface area contributed by atoms with Crippen LogP contribution < -0.4 is 10.1 Å². The molecular weight excluding hydrogens is 368 g/mol. The number of hydrogen-bond acceptors (Lipinski definition) is 4. The molecule has 2 aromatic carbocycles. The van der Waals surface area contributed by atoms with Gasteiger partial charge in [0.1, 0.15) is 11.9 Å². The second kappa shape index (κ2) is 10.6. The summed E-state index contributed by atoms with van der Waals surface area (Å²) in [5.74, 6) is 0.703. The van der Waals surface area contributed by atoms with E-state index in [0.29, 0.717) is 51.3 Å². The fourth-order valence-electron chi connectivity index (χ4n) is 3.32. The lowest BCUT2D eigenvalue weighted by Crippen LogP contribution is -2.42. The van der Waals surface area contributed by atoms with Gasteiger partial charge in [-0.1, -0.05) is 30.3 Å². The average Bonchev–Trinajstić information content (AvgIpc) is 2.78. The lowest BCUT2D eigenvalue weighted by atomic mass is 10.1. The molecule has 0 aromatic heterocycles. The van der Waals surface area contributed by atoms with Crippen molar-refractivity contribution in [2.45, 2.75) is 25.9 Å². The highest BCUT2D eigenvalue weighted by Gasteiger charge is 2.24. The maximum Gasteiger partial charge on any atom is 0.251 e. The monoisotopic (exact) mass is 396 g/mol. The molecule has 1 fully saturated rings. The smallest absolute Gasteiger partial charge is 0.251 e. The molecule has 0 bridgehead atoms. The SMILES string of the molecule is CCOc1ccc(C(=O)NCCCC(=O)N2CCOC(c3ccccc3)C2)cc1. The van der Waals surface area contributed by atoms with Gasteiger partial charge in [-0.15, -0.1) is 0 Å². The Morgan fingerprint density at radius 2 is 1.90 bits per heavy atom. The number of hydrogen-bond donors (Lipinski definition) is 1. The van der Waals surface area contributed by atoms with Crippen LogP contribution >= 0.6 is 0 Å². The van der Waals surface area contributed by atoms with E-state index in [0.717, 1.165) is 11.3 Å². The molecule has 3 rings (SSSR count). The summed E-state index contributed by atoms with van der Waals surface area (Å²) in [5.41, 5.74) is 1.67. The van der Waals surface area contributed by atoms with Gasteiger partial charge in [-0.25, -0.2) is 0 Å². The first-order valence-corrected chi connectivity index (χ1v) is 10.1. The van der Waals surface area contributed by atoms with Crippen molar-refractivity contribution in [1.29, 1.82) is 0 Å². The molecule has 1 aliphatic rings. The highest BCUT2D eigenvalue weighted by atomic mass is 16.5. The van der Waals surface area contributed by atoms with Crippen molar-refractivity contribution in [2.75, 3.05) is 32.8 Å². The molecule has 1 atom stereocenters. The van der Waals surface area contributed by atoms with E-state index in [9.17, 15) is 9.59 Å². The summed E-state index contributed by atoms with van der Waals surface area (Å²) in [6.45, 7) is 4.70. The molecule has 1 aliphatic heterocycles. The third-order valence-electron chi connectivity index (χ3n) is 4.87. The standard InChI is InChI=1S/C23H28N2O4/c1-2-28-20-12-10-19(11-13-20)23(27)24-14-6-9-22(26)25-15-16-29-21(17-25)18-7-4-3-5-8-18/h3-5,7-8,10-13,21H,2,6,9,14-17H2,1H3,(H,24,27). The van der Waals surface area contributed by atoms with E-state index in [1.807, 2.05) is 42.2 Å². The third kappa shape index (κ3) is 6.06. The van der Waals surface area contributed by atoms with E-state index in [4.69, 9.17) is 9.47 Å². The summed E-state index contributed by atoms with van der Waals surface area (Å²) in [6.07, 6.45) is 0.938. The second-order valence-corrected chi connectivity index (χ2v) is 6.93. The molecule has 0 radical (unpaired) electrons. The molecule has 6 nitrogen and oxygen atoms in total. The minimum absolute atomic E-state index is 0.0757. The molecule has 29 heavy (non-hydrogen) atoms. The van der Waals surface area contributed by atoms with Crippen molar-refractivity contribution in [3.63, 3.8) is 0 Å². The number of ether oxygens (including phenoxy) is 2. The van der Waals surface area contributed by atoms with Crippen LogP contribution in [-0.2, 0) is 9.53 Å². The highest BCUT2D eigenvalue weighted by molar-refractivity contribution is 5.94. The van der Waals surface area contributed by atoms with E-state index in [-0.39, 0.29) is 17.9 Å². The zero-order valence-electron chi connectivity index (χ0n) is 16.8. The van der Waals surface area contributed by atoms with Gasteiger partial charge >= 0.3 is 0 Å². The van der Waals surface area contributed by atoms with Gasteiger partial charge in [0, 0.05) is 25.1 Å². The number of rotatable bonds is 8. The molecule has 0 aliphatic carbocycles. The van der Waals surface area contributed by atoms with Crippen LogP contribution in [0.1, 0.15) is 41.8 Å². The Balaban J connectivity index is 1.39. The Morgan fingerprint density at radius 3 is 2.62 bits per heavy atom. The van der Waals surface area contributed by atoms with Crippen LogP contribution in [0.2, 0.25) is 0 Å². The minimum atomic E-state index is -0.143. The molecule has 1 heterocycles. The Morgan fingerprint density at radius 1 is 1.14 bits per heavy atom. The Bertz CT molecular complexity index is 792. The molecular formula is C23H28N2O4. The van der Waals surface area contributed by atoms with Crippen LogP contribution in [0.15, 0.2) is 54.6 Å². The van der Waals surface area contributed by atoms with Crippen molar-refractivity contribution < 1.29 is 19.1 Å². The van der Waals surface area contributed by atoms with Crippen LogP contribution in [0.5, 0.6) is 5.75 Å². The summed E-state index contributed by atoms with van der Waals surface area (Å²) in [5, 5.41) is 2.87. The normalized spacial score (nSPS) is 16.3. The average molecular weight is 396 g/mol. The van der Waals surface area contributed by atoms with E-state index >= 15 is 0 Å². The van der Waals surface area contributed by atoms with Crippen LogP contribution in [0.4, 0.5) is 0 Å². The van der Waals surface area contributed by atoms with Gasteiger partial charge in [-0.05, 0) is 43.2 Å². The fraction of sp³-hybridized carbons (Fsp3) is 0.391. The third-order valence-corrected chi connectivity index (χ3v) is 4.87. The first-order valence-electron chi connectivity index (χ1n) is 10.1. The van der Waals surface area contributed by atoms with Gasteiger partial charge in [0.15, 0.2) is 0 Å². The molecule has 2 amide bonds. The Labute approximate surface area is 171 Å². The van der Waals surface area contributed by atoms with Crippen molar-refractivity contribution >= 4 is 11.8 Å². The van der Waals surface area contributed by atoms with Crippen LogP contribution in [0, 0.1) is 0 Å². The van der Waals surface area contributed by atoms with E-state index in [1.54, 1.807) is 24.3 Å². The van der Waals surface area contributed by atoms with Crippen molar-refractivity contribution in [1.82, 2.24) is 10.2 Å². The zero-order valence-corrected chi connectivity index (χ0v) is 16.8. The number of carbonyl (C=O) groups excluding carboxylic acids is 2. The summed E-state index contributed by atoms with van der Waals surface area (Å²) >= 11 is 0. The minimum Gasteiger partial charge on any atom is -0.494 e. The van der Waals surface area contributed by atoms with E-state index < -0.39 is 0 Å². The summed E-state index contributed by atoms with van der Waals surface area (Å²) in [7, 11) is 0. The lowest BCUT2D eigenvalue weighted by Gasteiger charge is -2.33. The largest absolute Gasteiger partial charge is 0.494 e. The van der Waals surface area contributed by atoms with Gasteiger partial charge in [0.25, 0.3) is 5.91 Å². The van der Waals surface area contributed by atoms with Crippen molar-refractivity contribution in [2.24, 2.45) is 0 Å². The van der Waals surface area contributed by atoms with Crippen molar-refractivity contribution in [3.8, 4) is 5.75 Å². The number of amides is 2. The lowest BCUT2D eigenvalue weighted by molar-refractivity contribution is -0.139. The van der Waals surface area contributed by atoms with Crippen LogP contribution in [0.3, 0.4) is 0 Å². The van der Waals surface area contributed by atoms with Gasteiger partial charge in [0.2, 0.25) is 5.91 Å². The van der Waals surface area contributed by atoms with Crippen LogP contribution in [-0.4, -0.2) is 49.6 Å². The highest BCUT2D eigenvalue weighted by Crippen LogP contribution is 2.22. The topological polar surface area (TPSA) is 67.9 Å². The number of benzene rings is 2. The van der Waals surface area contributed by atoms with E-state index in [2.05, 4.69) is 5.32 Å². The molecule has 154 valence electrons. The van der Waals surface area contributed by atoms with Gasteiger partial charge in [0.05, 0.1) is 19.8 Å². The molecule has 0 spiro atoms. The fourth-order valence-corrected chi connectivity index (χ4v) is 3.32. The Kier molecular flexibility index (Phi) is 7.64. The molecule has 1 unspecified atom stereocenters. The summed E-state index contributed by atoms with van der Waals surface area (Å²) in [6, 6.07) is 17.0. The maximum absolute atomic E-state index is 12.5. The van der Waals surface area contributed by atoms with Crippen LogP contribution in [0.25, 0.3) is 0 Å². The van der Waals surface area contributed by atoms with Gasteiger partial charge < -0.3 is 19.7 Å². The predicted molar refractivity (Wildman–Crippen MR) is 111 cm³/mol. The van der Waals surface area contributed by atoms with Gasteiger partial charge in [-0.2, -0.15) is 0 Å². The molecule has 6 heteroatoms. The maximum atomic E-state index is 12.5. The zero-order chi connectivity index (χ0) is 20.5. The molecule has 2 aromatic rings. The molecule has 1 N–H and O–H groups in total. The van der Waals surface area contributed by atoms with Crippen molar-refractivity contribution in [3.05, 3.63) is 65.7 Å². The number of nitrogens with zero attached hydrogens (tertiary/aromatic N) is 1. The molecule has 1 saturated heterocycles.